The molecule has 0 aliphatic rings. The quantitative estimate of drug-likeness (QED) is 0.836. The van der Waals surface area contributed by atoms with Gasteiger partial charge in [0, 0.05) is 11.6 Å². The Hall–Kier alpha value is -0.990. The summed E-state index contributed by atoms with van der Waals surface area (Å²) < 4.78 is 0.717. The van der Waals surface area contributed by atoms with E-state index in [0.717, 1.165) is 0 Å². The Labute approximate surface area is 97.8 Å². The first-order chi connectivity index (χ1) is 7.27. The van der Waals surface area contributed by atoms with E-state index < -0.39 is 11.2 Å². The maximum atomic E-state index is 11.2. The molecule has 0 aromatic carbocycles. The average Bonchev–Trinajstić information content (AvgIpc) is 2.87. The van der Waals surface area contributed by atoms with Gasteiger partial charge in [-0.25, -0.2) is 4.98 Å². The minimum atomic E-state index is -0.474. The van der Waals surface area contributed by atoms with E-state index >= 15 is 0 Å². The molecule has 1 unspecified atom stereocenters. The first-order valence-corrected chi connectivity index (χ1v) is 6.53. The molecule has 1 atom stereocenters. The van der Waals surface area contributed by atoms with Crippen LogP contribution in [-0.2, 0) is 4.79 Å². The number of carbonyl (C=O) groups is 1. The summed E-state index contributed by atoms with van der Waals surface area (Å²) in [5.41, 5.74) is 6.92. The summed E-state index contributed by atoms with van der Waals surface area (Å²) in [5, 5.41) is 9.58. The van der Waals surface area contributed by atoms with Crippen LogP contribution in [-0.4, -0.2) is 21.1 Å². The third kappa shape index (κ3) is 2.52. The molecule has 2 aromatic heterocycles. The topological polar surface area (TPSA) is 81.8 Å². The summed E-state index contributed by atoms with van der Waals surface area (Å²) in [5.74, 6) is -0.412. The number of aromatic nitrogens is 3. The molecule has 15 heavy (non-hydrogen) atoms. The minimum Gasteiger partial charge on any atom is -0.368 e. The minimum absolute atomic E-state index is 0.412. The molecule has 0 saturated heterocycles. The van der Waals surface area contributed by atoms with Crippen LogP contribution < -0.4 is 5.73 Å². The van der Waals surface area contributed by atoms with Crippen molar-refractivity contribution < 1.29 is 4.79 Å². The molecule has 0 spiro atoms. The van der Waals surface area contributed by atoms with E-state index in [0.29, 0.717) is 9.35 Å². The highest BCUT2D eigenvalue weighted by Crippen LogP contribution is 2.36. The molecule has 5 nitrogen and oxygen atoms in total. The van der Waals surface area contributed by atoms with E-state index in [9.17, 15) is 4.79 Å². The van der Waals surface area contributed by atoms with Gasteiger partial charge >= 0.3 is 0 Å². The van der Waals surface area contributed by atoms with Crippen molar-refractivity contribution >= 4 is 40.3 Å². The summed E-state index contributed by atoms with van der Waals surface area (Å²) in [7, 11) is 0. The summed E-state index contributed by atoms with van der Waals surface area (Å²) in [6, 6.07) is 0. The number of hydrogen-bond acceptors (Lipinski definition) is 7. The Morgan fingerprint density at radius 3 is 2.93 bits per heavy atom. The third-order valence-electron chi connectivity index (χ3n) is 1.49. The zero-order valence-corrected chi connectivity index (χ0v) is 9.81. The second-order valence-electron chi connectivity index (χ2n) is 2.48. The van der Waals surface area contributed by atoms with Crippen molar-refractivity contribution in [1.29, 1.82) is 0 Å². The van der Waals surface area contributed by atoms with Gasteiger partial charge in [0.1, 0.15) is 15.8 Å². The van der Waals surface area contributed by atoms with E-state index in [-0.39, 0.29) is 0 Å². The van der Waals surface area contributed by atoms with Gasteiger partial charge < -0.3 is 5.73 Å². The van der Waals surface area contributed by atoms with Crippen LogP contribution in [0.1, 0.15) is 10.3 Å². The van der Waals surface area contributed by atoms with Crippen LogP contribution in [0.3, 0.4) is 0 Å². The van der Waals surface area contributed by atoms with Crippen LogP contribution in [0.2, 0.25) is 0 Å². The summed E-state index contributed by atoms with van der Waals surface area (Å²) >= 11 is 4.06. The van der Waals surface area contributed by atoms with Gasteiger partial charge in [-0.2, -0.15) is 0 Å². The molecule has 2 rings (SSSR count). The van der Waals surface area contributed by atoms with Gasteiger partial charge in [-0.3, -0.25) is 4.79 Å². The van der Waals surface area contributed by atoms with Gasteiger partial charge in [0.2, 0.25) is 5.91 Å². The average molecular weight is 258 g/mol. The lowest BCUT2D eigenvalue weighted by molar-refractivity contribution is -0.117. The second kappa shape index (κ2) is 4.69. The monoisotopic (exact) mass is 258 g/mol. The highest BCUT2D eigenvalue weighted by atomic mass is 32.2. The highest BCUT2D eigenvalue weighted by Gasteiger charge is 2.23. The molecular formula is C7H6N4OS3. The predicted octanol–water partition coefficient (Wildman–Crippen LogP) is 1.31. The highest BCUT2D eigenvalue weighted by molar-refractivity contribution is 8.02. The third-order valence-corrected chi connectivity index (χ3v) is 4.52. The van der Waals surface area contributed by atoms with Gasteiger partial charge in [0.25, 0.3) is 0 Å². The fraction of sp³-hybridized carbons (Fsp3) is 0.143. The van der Waals surface area contributed by atoms with E-state index in [4.69, 9.17) is 5.73 Å². The Morgan fingerprint density at radius 1 is 1.53 bits per heavy atom. The number of nitrogens with zero attached hydrogens (tertiary/aromatic N) is 3. The fourth-order valence-corrected chi connectivity index (χ4v) is 3.34. The van der Waals surface area contributed by atoms with Crippen molar-refractivity contribution in [2.24, 2.45) is 5.73 Å². The smallest absolute Gasteiger partial charge is 0.238 e. The molecular weight excluding hydrogens is 252 g/mol. The summed E-state index contributed by atoms with van der Waals surface area (Å²) in [4.78, 5) is 15.3. The number of thiazole rings is 1. The number of amides is 1. The van der Waals surface area contributed by atoms with E-state index in [1.54, 1.807) is 11.7 Å². The molecule has 1 amide bonds. The normalized spacial score (nSPS) is 12.5. The molecule has 0 saturated carbocycles. The van der Waals surface area contributed by atoms with Crippen LogP contribution in [0.15, 0.2) is 21.4 Å². The zero-order chi connectivity index (χ0) is 10.7. The van der Waals surface area contributed by atoms with Crippen molar-refractivity contribution in [3.05, 3.63) is 22.1 Å². The van der Waals surface area contributed by atoms with E-state index in [2.05, 4.69) is 15.2 Å². The Bertz CT molecular complexity index is 427. The number of thioether (sulfide) groups is 1. The fourth-order valence-electron chi connectivity index (χ4n) is 0.909. The maximum absolute atomic E-state index is 11.2. The van der Waals surface area contributed by atoms with E-state index in [1.807, 2.05) is 5.38 Å². The van der Waals surface area contributed by atoms with Crippen LogP contribution in [0.5, 0.6) is 0 Å². The number of carbonyl (C=O) groups excluding carboxylic acids is 1. The maximum Gasteiger partial charge on any atom is 0.238 e. The Balaban J connectivity index is 2.18. The standard InChI is InChI=1S/C7H6N4OS3/c8-5(12)4(6-9-1-2-13-6)15-7-11-10-3-14-7/h1-4H,(H2,8,12). The molecule has 2 heterocycles. The summed E-state index contributed by atoms with van der Waals surface area (Å²) in [6.45, 7) is 0. The number of primary amides is 1. The molecule has 8 heteroatoms. The van der Waals surface area contributed by atoms with Crippen LogP contribution >= 0.6 is 34.4 Å². The molecule has 2 N–H and O–H groups in total. The van der Waals surface area contributed by atoms with Crippen molar-refractivity contribution in [1.82, 2.24) is 15.2 Å². The summed E-state index contributed by atoms with van der Waals surface area (Å²) in [6.07, 6.45) is 1.65. The molecule has 78 valence electrons. The number of hydrogen-bond donors (Lipinski definition) is 1. The van der Waals surface area contributed by atoms with Gasteiger partial charge in [0.15, 0.2) is 4.34 Å². The van der Waals surface area contributed by atoms with Crippen molar-refractivity contribution in [2.75, 3.05) is 0 Å². The van der Waals surface area contributed by atoms with Crippen LogP contribution in [0.4, 0.5) is 0 Å². The second-order valence-corrected chi connectivity index (χ2v) is 5.59. The van der Waals surface area contributed by atoms with Crippen LogP contribution in [0, 0.1) is 0 Å². The lowest BCUT2D eigenvalue weighted by Gasteiger charge is -2.06. The van der Waals surface area contributed by atoms with Crippen molar-refractivity contribution in [3.63, 3.8) is 0 Å². The van der Waals surface area contributed by atoms with Gasteiger partial charge in [-0.05, 0) is 0 Å². The Morgan fingerprint density at radius 2 is 2.40 bits per heavy atom. The lowest BCUT2D eigenvalue weighted by atomic mass is 10.4. The SMILES string of the molecule is NC(=O)C(Sc1nncs1)c1nccs1. The molecule has 0 fully saturated rings. The lowest BCUT2D eigenvalue weighted by Crippen LogP contribution is -2.18. The van der Waals surface area contributed by atoms with E-state index in [1.165, 1.54) is 34.4 Å². The molecule has 0 aliphatic heterocycles. The molecule has 2 aromatic rings. The predicted molar refractivity (Wildman–Crippen MR) is 59.8 cm³/mol. The number of nitrogens with two attached hydrogens (primary N) is 1. The van der Waals surface area contributed by atoms with Crippen LogP contribution in [0.25, 0.3) is 0 Å². The molecule has 0 bridgehead atoms. The van der Waals surface area contributed by atoms with Gasteiger partial charge in [-0.1, -0.05) is 23.1 Å². The molecule has 0 aliphatic carbocycles. The molecule has 0 radical (unpaired) electrons. The van der Waals surface area contributed by atoms with Crippen molar-refractivity contribution in [2.45, 2.75) is 9.59 Å². The first kappa shape index (κ1) is 10.5. The Kier molecular flexibility index (Phi) is 3.29. The van der Waals surface area contributed by atoms with Gasteiger partial charge in [-0.15, -0.1) is 21.5 Å². The zero-order valence-electron chi connectivity index (χ0n) is 7.36. The largest absolute Gasteiger partial charge is 0.368 e. The van der Waals surface area contributed by atoms with Gasteiger partial charge in [0.05, 0.1) is 0 Å². The number of rotatable bonds is 4. The first-order valence-electron chi connectivity index (χ1n) is 3.89. The van der Waals surface area contributed by atoms with Crippen molar-refractivity contribution in [3.8, 4) is 0 Å².